The van der Waals surface area contributed by atoms with Gasteiger partial charge in [-0.1, -0.05) is 0 Å². The lowest BCUT2D eigenvalue weighted by atomic mass is 9.87. The molecular weight excluding hydrogens is 251 g/mol. The SMILES string of the molecule is O=c1c2ccc(F)cc2ncn1CC1(CO)COC1. The van der Waals surface area contributed by atoms with Crippen molar-refractivity contribution in [1.82, 2.24) is 9.55 Å². The largest absolute Gasteiger partial charge is 0.396 e. The van der Waals surface area contributed by atoms with Gasteiger partial charge < -0.3 is 9.84 Å². The van der Waals surface area contributed by atoms with Crippen LogP contribution in [-0.4, -0.2) is 34.5 Å². The van der Waals surface area contributed by atoms with Gasteiger partial charge in [-0.15, -0.1) is 0 Å². The van der Waals surface area contributed by atoms with Gasteiger partial charge in [-0.2, -0.15) is 0 Å². The normalized spacial score (nSPS) is 17.4. The van der Waals surface area contributed by atoms with Gasteiger partial charge in [0.1, 0.15) is 5.82 Å². The predicted octanol–water partition coefficient (Wildman–Crippen LogP) is 0.544. The van der Waals surface area contributed by atoms with Crippen LogP contribution in [0.1, 0.15) is 0 Å². The van der Waals surface area contributed by atoms with Crippen molar-refractivity contribution in [3.8, 4) is 0 Å². The van der Waals surface area contributed by atoms with Gasteiger partial charge in [0, 0.05) is 12.6 Å². The third kappa shape index (κ3) is 2.02. The summed E-state index contributed by atoms with van der Waals surface area (Å²) in [6, 6.07) is 3.90. The van der Waals surface area contributed by atoms with Gasteiger partial charge in [0.05, 0.1) is 42.5 Å². The molecule has 2 aromatic rings. The van der Waals surface area contributed by atoms with Crippen molar-refractivity contribution in [2.24, 2.45) is 5.41 Å². The van der Waals surface area contributed by atoms with Crippen molar-refractivity contribution in [3.05, 3.63) is 40.7 Å². The van der Waals surface area contributed by atoms with Crippen LogP contribution in [0.3, 0.4) is 0 Å². The van der Waals surface area contributed by atoms with Crippen molar-refractivity contribution >= 4 is 10.9 Å². The van der Waals surface area contributed by atoms with Crippen LogP contribution in [0.4, 0.5) is 4.39 Å². The number of ether oxygens (including phenoxy) is 1. The van der Waals surface area contributed by atoms with E-state index in [0.29, 0.717) is 30.7 Å². The molecule has 5 nitrogen and oxygen atoms in total. The fourth-order valence-corrected chi connectivity index (χ4v) is 2.23. The second-order valence-electron chi connectivity index (χ2n) is 4.99. The Labute approximate surface area is 108 Å². The average molecular weight is 264 g/mol. The molecule has 1 saturated heterocycles. The van der Waals surface area contributed by atoms with Gasteiger partial charge in [-0.25, -0.2) is 9.37 Å². The number of hydrogen-bond acceptors (Lipinski definition) is 4. The summed E-state index contributed by atoms with van der Waals surface area (Å²) in [7, 11) is 0. The quantitative estimate of drug-likeness (QED) is 0.879. The summed E-state index contributed by atoms with van der Waals surface area (Å²) >= 11 is 0. The smallest absolute Gasteiger partial charge is 0.261 e. The molecule has 1 N–H and O–H groups in total. The second kappa shape index (κ2) is 4.40. The van der Waals surface area contributed by atoms with Crippen molar-refractivity contribution in [2.45, 2.75) is 6.54 Å². The van der Waals surface area contributed by atoms with Gasteiger partial charge in [0.15, 0.2) is 0 Å². The zero-order chi connectivity index (χ0) is 13.5. The molecule has 100 valence electrons. The fraction of sp³-hybridized carbons (Fsp3) is 0.385. The molecule has 0 spiro atoms. The van der Waals surface area contributed by atoms with Crippen LogP contribution in [0.5, 0.6) is 0 Å². The zero-order valence-corrected chi connectivity index (χ0v) is 10.2. The average Bonchev–Trinajstić information content (AvgIpc) is 2.36. The molecule has 0 radical (unpaired) electrons. The van der Waals surface area contributed by atoms with Crippen LogP contribution < -0.4 is 5.56 Å². The Hall–Kier alpha value is -1.79. The Kier molecular flexibility index (Phi) is 2.83. The minimum atomic E-state index is -0.420. The predicted molar refractivity (Wildman–Crippen MR) is 66.3 cm³/mol. The molecule has 0 saturated carbocycles. The molecule has 19 heavy (non-hydrogen) atoms. The van der Waals surface area contributed by atoms with Crippen molar-refractivity contribution in [2.75, 3.05) is 19.8 Å². The summed E-state index contributed by atoms with van der Waals surface area (Å²) in [5, 5.41) is 9.75. The molecule has 1 fully saturated rings. The van der Waals surface area contributed by atoms with E-state index >= 15 is 0 Å². The van der Waals surface area contributed by atoms with E-state index in [1.165, 1.54) is 29.1 Å². The maximum absolute atomic E-state index is 13.1. The molecule has 6 heteroatoms. The molecule has 0 unspecified atom stereocenters. The van der Waals surface area contributed by atoms with Crippen LogP contribution in [-0.2, 0) is 11.3 Å². The van der Waals surface area contributed by atoms with E-state index in [9.17, 15) is 14.3 Å². The molecule has 1 aliphatic rings. The summed E-state index contributed by atoms with van der Waals surface area (Å²) < 4.78 is 19.6. The van der Waals surface area contributed by atoms with Gasteiger partial charge in [0.25, 0.3) is 5.56 Å². The molecule has 0 bridgehead atoms. The zero-order valence-electron chi connectivity index (χ0n) is 10.2. The minimum absolute atomic E-state index is 0.0408. The van der Waals surface area contributed by atoms with Crippen molar-refractivity contribution < 1.29 is 14.2 Å². The number of nitrogens with zero attached hydrogens (tertiary/aromatic N) is 2. The minimum Gasteiger partial charge on any atom is -0.396 e. The number of aliphatic hydroxyl groups excluding tert-OH is 1. The van der Waals surface area contributed by atoms with Crippen molar-refractivity contribution in [3.63, 3.8) is 0 Å². The number of fused-ring (bicyclic) bond motifs is 1. The van der Waals surface area contributed by atoms with Crippen LogP contribution in [0.25, 0.3) is 10.9 Å². The first-order chi connectivity index (χ1) is 9.13. The molecular formula is C13H13FN2O3. The summed E-state index contributed by atoms with van der Waals surface area (Å²) in [5.41, 5.74) is -0.298. The van der Waals surface area contributed by atoms with E-state index < -0.39 is 11.2 Å². The van der Waals surface area contributed by atoms with E-state index in [2.05, 4.69) is 4.98 Å². The molecule has 0 amide bonds. The maximum Gasteiger partial charge on any atom is 0.261 e. The number of rotatable bonds is 3. The number of aliphatic hydroxyl groups is 1. The Morgan fingerprint density at radius 1 is 1.47 bits per heavy atom. The molecule has 2 heterocycles. The summed E-state index contributed by atoms with van der Waals surface area (Å²) in [5.74, 6) is -0.420. The van der Waals surface area contributed by atoms with E-state index in [4.69, 9.17) is 4.74 Å². The molecule has 1 aromatic carbocycles. The molecule has 0 atom stereocenters. The van der Waals surface area contributed by atoms with Crippen LogP contribution in [0.15, 0.2) is 29.3 Å². The molecule has 1 aliphatic heterocycles. The number of halogens is 1. The van der Waals surface area contributed by atoms with Gasteiger partial charge in [0.2, 0.25) is 0 Å². The summed E-state index contributed by atoms with van der Waals surface area (Å²) in [4.78, 5) is 16.3. The maximum atomic E-state index is 13.1. The Morgan fingerprint density at radius 3 is 2.89 bits per heavy atom. The monoisotopic (exact) mass is 264 g/mol. The van der Waals surface area contributed by atoms with Gasteiger partial charge in [-0.3, -0.25) is 9.36 Å². The first-order valence-corrected chi connectivity index (χ1v) is 5.97. The third-order valence-electron chi connectivity index (χ3n) is 3.44. The topological polar surface area (TPSA) is 64.4 Å². The highest BCUT2D eigenvalue weighted by Crippen LogP contribution is 2.28. The lowest BCUT2D eigenvalue weighted by Gasteiger charge is -2.39. The van der Waals surface area contributed by atoms with Crippen LogP contribution in [0, 0.1) is 11.2 Å². The lowest BCUT2D eigenvalue weighted by molar-refractivity contribution is -0.145. The van der Waals surface area contributed by atoms with Crippen LogP contribution >= 0.6 is 0 Å². The second-order valence-corrected chi connectivity index (χ2v) is 4.99. The molecule has 0 aliphatic carbocycles. The lowest BCUT2D eigenvalue weighted by Crippen LogP contribution is -2.50. The first-order valence-electron chi connectivity index (χ1n) is 5.97. The Morgan fingerprint density at radius 2 is 2.26 bits per heavy atom. The van der Waals surface area contributed by atoms with Gasteiger partial charge >= 0.3 is 0 Å². The molecule has 1 aromatic heterocycles. The van der Waals surface area contributed by atoms with E-state index in [1.807, 2.05) is 0 Å². The Balaban J connectivity index is 2.03. The highest BCUT2D eigenvalue weighted by molar-refractivity contribution is 5.77. The van der Waals surface area contributed by atoms with E-state index in [-0.39, 0.29) is 12.2 Å². The summed E-state index contributed by atoms with van der Waals surface area (Å²) in [6.45, 7) is 1.17. The molecule has 3 rings (SSSR count). The number of hydrogen-bond donors (Lipinski definition) is 1. The van der Waals surface area contributed by atoms with Crippen LogP contribution in [0.2, 0.25) is 0 Å². The Bertz CT molecular complexity index is 674. The number of aromatic nitrogens is 2. The fourth-order valence-electron chi connectivity index (χ4n) is 2.23. The highest BCUT2D eigenvalue weighted by Gasteiger charge is 2.38. The van der Waals surface area contributed by atoms with E-state index in [0.717, 1.165) is 0 Å². The van der Waals surface area contributed by atoms with Gasteiger partial charge in [-0.05, 0) is 12.1 Å². The third-order valence-corrected chi connectivity index (χ3v) is 3.44. The standard InChI is InChI=1S/C13H13FN2O3/c14-9-1-2-10-11(3-9)15-8-16(12(10)18)4-13(5-17)6-19-7-13/h1-3,8,17H,4-7H2. The van der Waals surface area contributed by atoms with Crippen molar-refractivity contribution in [1.29, 1.82) is 0 Å². The van der Waals surface area contributed by atoms with E-state index in [1.54, 1.807) is 0 Å². The highest BCUT2D eigenvalue weighted by atomic mass is 19.1. The number of benzene rings is 1. The summed E-state index contributed by atoms with van der Waals surface area (Å²) in [6.07, 6.45) is 1.39. The first kappa shape index (κ1) is 12.3.